The Morgan fingerprint density at radius 2 is 1.57 bits per heavy atom. The maximum atomic E-state index is 11.4. The number of nitrogens with one attached hydrogen (secondary N) is 1. The van der Waals surface area contributed by atoms with Crippen molar-refractivity contribution in [1.29, 1.82) is 0 Å². The molecule has 0 spiro atoms. The summed E-state index contributed by atoms with van der Waals surface area (Å²) in [5.74, 6) is 0.185. The second kappa shape index (κ2) is 6.86. The molecular formula is C21H27NO. The fourth-order valence-electron chi connectivity index (χ4n) is 3.98. The Kier molecular flexibility index (Phi) is 4.84. The third-order valence-electron chi connectivity index (χ3n) is 5.33. The topological polar surface area (TPSA) is 32.3 Å². The predicted molar refractivity (Wildman–Crippen MR) is 95.1 cm³/mol. The highest BCUT2D eigenvalue weighted by Gasteiger charge is 2.45. The molecule has 1 heterocycles. The van der Waals surface area contributed by atoms with Gasteiger partial charge in [0.2, 0.25) is 0 Å². The molecule has 0 radical (unpaired) electrons. The number of hydrogen-bond donors (Lipinski definition) is 2. The van der Waals surface area contributed by atoms with Gasteiger partial charge in [-0.2, -0.15) is 0 Å². The lowest BCUT2D eigenvalue weighted by atomic mass is 9.70. The zero-order chi connectivity index (χ0) is 16.3. The first-order chi connectivity index (χ1) is 11.1. The van der Waals surface area contributed by atoms with E-state index < -0.39 is 5.60 Å². The van der Waals surface area contributed by atoms with Gasteiger partial charge < -0.3 is 10.4 Å². The van der Waals surface area contributed by atoms with Gasteiger partial charge in [-0.1, -0.05) is 80.9 Å². The molecule has 1 aliphatic rings. The maximum Gasteiger partial charge on any atom is 0.0709 e. The number of piperidine rings is 1. The molecule has 2 N–H and O–H groups in total. The molecule has 0 amide bonds. The molecule has 0 aromatic heterocycles. The molecule has 0 saturated carbocycles. The minimum atomic E-state index is -0.624. The molecule has 0 aliphatic carbocycles. The van der Waals surface area contributed by atoms with Crippen LogP contribution in [0.2, 0.25) is 0 Å². The van der Waals surface area contributed by atoms with Crippen molar-refractivity contribution in [3.05, 3.63) is 71.8 Å². The summed E-state index contributed by atoms with van der Waals surface area (Å²) in [5.41, 5.74) is 1.89. The number of hydrogen-bond acceptors (Lipinski definition) is 2. The third kappa shape index (κ3) is 3.34. The van der Waals surface area contributed by atoms with Crippen molar-refractivity contribution in [2.45, 2.75) is 50.8 Å². The zero-order valence-electron chi connectivity index (χ0n) is 14.1. The minimum Gasteiger partial charge on any atom is -0.389 e. The lowest BCUT2D eigenvalue weighted by Gasteiger charge is -2.48. The molecule has 0 bridgehead atoms. The van der Waals surface area contributed by atoms with Crippen LogP contribution in [0.1, 0.15) is 56.3 Å². The molecule has 1 fully saturated rings. The molecule has 0 unspecified atom stereocenters. The normalized spacial score (nSPS) is 31.0. The molecule has 2 heteroatoms. The molecule has 4 atom stereocenters. The zero-order valence-corrected chi connectivity index (χ0v) is 14.1. The molecular weight excluding hydrogens is 282 g/mol. The van der Waals surface area contributed by atoms with Crippen LogP contribution in [0.4, 0.5) is 0 Å². The smallest absolute Gasteiger partial charge is 0.0709 e. The molecule has 23 heavy (non-hydrogen) atoms. The van der Waals surface area contributed by atoms with Gasteiger partial charge in [-0.25, -0.2) is 0 Å². The Labute approximate surface area is 139 Å². The van der Waals surface area contributed by atoms with Crippen LogP contribution in [0.5, 0.6) is 0 Å². The van der Waals surface area contributed by atoms with Crippen molar-refractivity contribution in [1.82, 2.24) is 5.32 Å². The van der Waals surface area contributed by atoms with E-state index in [1.54, 1.807) is 0 Å². The van der Waals surface area contributed by atoms with Gasteiger partial charge in [0, 0.05) is 18.0 Å². The molecule has 122 valence electrons. The monoisotopic (exact) mass is 309 g/mol. The van der Waals surface area contributed by atoms with Gasteiger partial charge in [0.15, 0.2) is 0 Å². The van der Waals surface area contributed by atoms with Crippen LogP contribution >= 0.6 is 0 Å². The first-order valence-corrected chi connectivity index (χ1v) is 8.72. The fraction of sp³-hybridized carbons (Fsp3) is 0.429. The Morgan fingerprint density at radius 3 is 2.13 bits per heavy atom. The van der Waals surface area contributed by atoms with Gasteiger partial charge in [0.25, 0.3) is 0 Å². The van der Waals surface area contributed by atoms with E-state index in [1.165, 1.54) is 11.1 Å². The van der Waals surface area contributed by atoms with E-state index >= 15 is 0 Å². The van der Waals surface area contributed by atoms with Crippen LogP contribution in [-0.2, 0) is 0 Å². The van der Waals surface area contributed by atoms with Crippen molar-refractivity contribution in [3.63, 3.8) is 0 Å². The van der Waals surface area contributed by atoms with Crippen molar-refractivity contribution >= 4 is 0 Å². The van der Waals surface area contributed by atoms with E-state index in [1.807, 2.05) is 12.1 Å². The Bertz CT molecular complexity index is 612. The van der Waals surface area contributed by atoms with E-state index in [0.29, 0.717) is 0 Å². The second-order valence-corrected chi connectivity index (χ2v) is 6.86. The van der Waals surface area contributed by atoms with Crippen molar-refractivity contribution in [2.75, 3.05) is 0 Å². The number of benzene rings is 2. The van der Waals surface area contributed by atoms with Gasteiger partial charge >= 0.3 is 0 Å². The van der Waals surface area contributed by atoms with Gasteiger partial charge in [-0.3, -0.25) is 0 Å². The van der Waals surface area contributed by atoms with Crippen LogP contribution in [0.3, 0.4) is 0 Å². The quantitative estimate of drug-likeness (QED) is 0.863. The summed E-state index contributed by atoms with van der Waals surface area (Å²) in [7, 11) is 0. The summed E-state index contributed by atoms with van der Waals surface area (Å²) in [5, 5.41) is 15.2. The second-order valence-electron chi connectivity index (χ2n) is 6.86. The summed E-state index contributed by atoms with van der Waals surface area (Å²) in [6, 6.07) is 21.4. The maximum absolute atomic E-state index is 11.4. The lowest BCUT2D eigenvalue weighted by molar-refractivity contribution is -0.0743. The van der Waals surface area contributed by atoms with E-state index in [-0.39, 0.29) is 18.0 Å². The van der Waals surface area contributed by atoms with Crippen LogP contribution < -0.4 is 5.32 Å². The first-order valence-electron chi connectivity index (χ1n) is 8.72. The summed E-state index contributed by atoms with van der Waals surface area (Å²) in [6.45, 7) is 4.34. The largest absolute Gasteiger partial charge is 0.389 e. The molecule has 1 saturated heterocycles. The highest BCUT2D eigenvalue weighted by atomic mass is 16.3. The summed E-state index contributed by atoms with van der Waals surface area (Å²) in [4.78, 5) is 0. The van der Waals surface area contributed by atoms with Crippen LogP contribution in [0.15, 0.2) is 60.7 Å². The lowest BCUT2D eigenvalue weighted by Crippen LogP contribution is -2.52. The van der Waals surface area contributed by atoms with Gasteiger partial charge in [-0.05, 0) is 24.0 Å². The number of rotatable bonds is 4. The average Bonchev–Trinajstić information content (AvgIpc) is 2.59. The van der Waals surface area contributed by atoms with E-state index in [9.17, 15) is 5.11 Å². The molecule has 2 aromatic rings. The minimum absolute atomic E-state index is 0.173. The van der Waals surface area contributed by atoms with Crippen LogP contribution in [0.25, 0.3) is 0 Å². The first kappa shape index (κ1) is 16.2. The van der Waals surface area contributed by atoms with Crippen molar-refractivity contribution in [3.8, 4) is 0 Å². The third-order valence-corrected chi connectivity index (χ3v) is 5.33. The number of aliphatic hydroxyl groups is 1. The predicted octanol–water partition coefficient (Wildman–Crippen LogP) is 4.63. The highest BCUT2D eigenvalue weighted by Crippen LogP contribution is 2.45. The molecule has 1 aliphatic heterocycles. The standard InChI is InChI=1S/C21H27NO/c1-3-14-21(23)15-19(17-10-6-4-7-11-17)22-20(16(21)2)18-12-8-5-9-13-18/h4-13,16,19-20,22-23H,3,14-15H2,1-2H3/t16-,19-,20+,21+/m0/s1. The fourth-order valence-corrected chi connectivity index (χ4v) is 3.98. The molecule has 2 aromatic carbocycles. The Morgan fingerprint density at radius 1 is 1.00 bits per heavy atom. The van der Waals surface area contributed by atoms with E-state index in [0.717, 1.165) is 19.3 Å². The Hall–Kier alpha value is -1.64. The molecule has 2 nitrogen and oxygen atoms in total. The highest BCUT2D eigenvalue weighted by molar-refractivity contribution is 5.26. The van der Waals surface area contributed by atoms with Gasteiger partial charge in [0.1, 0.15) is 0 Å². The SMILES string of the molecule is CCC[C@@]1(O)C[C@@H](c2ccccc2)N[C@@H](c2ccccc2)[C@@H]1C. The van der Waals surface area contributed by atoms with Crippen molar-refractivity contribution in [2.24, 2.45) is 5.92 Å². The summed E-state index contributed by atoms with van der Waals surface area (Å²) in [6.07, 6.45) is 2.63. The average molecular weight is 309 g/mol. The molecule has 3 rings (SSSR count). The Balaban J connectivity index is 1.95. The van der Waals surface area contributed by atoms with Crippen molar-refractivity contribution < 1.29 is 5.11 Å². The van der Waals surface area contributed by atoms with Gasteiger partial charge in [0.05, 0.1) is 5.60 Å². The summed E-state index contributed by atoms with van der Waals surface area (Å²) < 4.78 is 0. The van der Waals surface area contributed by atoms with E-state index in [2.05, 4.69) is 67.7 Å². The van der Waals surface area contributed by atoms with Crippen LogP contribution in [-0.4, -0.2) is 10.7 Å². The van der Waals surface area contributed by atoms with Gasteiger partial charge in [-0.15, -0.1) is 0 Å². The summed E-state index contributed by atoms with van der Waals surface area (Å²) >= 11 is 0. The van der Waals surface area contributed by atoms with Crippen LogP contribution in [0, 0.1) is 5.92 Å². The van der Waals surface area contributed by atoms with E-state index in [4.69, 9.17) is 0 Å².